The Morgan fingerprint density at radius 1 is 1.15 bits per heavy atom. The molecule has 1 aromatic heterocycles. The first kappa shape index (κ1) is 20.5. The molecule has 1 aliphatic heterocycles. The van der Waals surface area contributed by atoms with E-state index in [0.717, 1.165) is 40.4 Å². The Morgan fingerprint density at radius 2 is 1.81 bits per heavy atom. The maximum absolute atomic E-state index is 9.77. The number of aliphatic hydroxyl groups excluding tert-OH is 2. The van der Waals surface area contributed by atoms with Gasteiger partial charge >= 0.3 is 11.9 Å². The van der Waals surface area contributed by atoms with Gasteiger partial charge in [-0.25, -0.2) is 14.6 Å². The lowest BCUT2D eigenvalue weighted by Crippen LogP contribution is -2.39. The number of aromatic nitrogens is 2. The number of nitrogens with zero attached hydrogens (tertiary/aromatic N) is 3. The standard InChI is InChI=1S/C11H10BrN5.C4H6O6/c12-10-6-15-9-5-7(1-2-8(9)17-10)16-11-13-3-4-14-11;5-1(3(7)8)2(6)4(9)10/h1-2,5-6H,3-4H2,(H2,13,14,16);1-2,5-6H,(H,7,8)(H,9,10). The summed E-state index contributed by atoms with van der Waals surface area (Å²) in [5, 5.41) is 38.9. The zero-order chi connectivity index (χ0) is 20.0. The number of guanidine groups is 1. The molecule has 0 amide bonds. The summed E-state index contributed by atoms with van der Waals surface area (Å²) in [4.78, 5) is 32.5. The number of halogens is 1. The fourth-order valence-corrected chi connectivity index (χ4v) is 2.25. The summed E-state index contributed by atoms with van der Waals surface area (Å²) in [5.41, 5.74) is 2.69. The maximum atomic E-state index is 9.77. The summed E-state index contributed by atoms with van der Waals surface area (Å²) >= 11 is 3.30. The van der Waals surface area contributed by atoms with E-state index in [1.54, 1.807) is 6.20 Å². The molecule has 0 saturated heterocycles. The van der Waals surface area contributed by atoms with Gasteiger partial charge in [-0.3, -0.25) is 9.98 Å². The van der Waals surface area contributed by atoms with Crippen LogP contribution in [0.4, 0.5) is 5.69 Å². The van der Waals surface area contributed by atoms with Gasteiger partial charge in [-0.1, -0.05) is 0 Å². The molecule has 2 aromatic rings. The first-order valence-electron chi connectivity index (χ1n) is 7.57. The number of fused-ring (bicyclic) bond motifs is 1. The van der Waals surface area contributed by atoms with Crippen LogP contribution in [-0.2, 0) is 9.59 Å². The lowest BCUT2D eigenvalue weighted by Gasteiger charge is -2.07. The third-order valence-corrected chi connectivity index (χ3v) is 3.64. The molecule has 27 heavy (non-hydrogen) atoms. The van der Waals surface area contributed by atoms with Crippen LogP contribution in [0.2, 0.25) is 0 Å². The number of aliphatic hydroxyl groups is 2. The molecule has 0 radical (unpaired) electrons. The summed E-state index contributed by atoms with van der Waals surface area (Å²) in [6.07, 6.45) is -2.84. The molecule has 0 bridgehead atoms. The molecular formula is C15H16BrN5O6. The average molecular weight is 442 g/mol. The predicted molar refractivity (Wildman–Crippen MR) is 98.5 cm³/mol. The number of carbonyl (C=O) groups is 2. The van der Waals surface area contributed by atoms with Crippen LogP contribution in [-0.4, -0.2) is 73.6 Å². The van der Waals surface area contributed by atoms with E-state index in [1.165, 1.54) is 0 Å². The number of carboxylic acid groups (broad SMARTS) is 2. The third kappa shape index (κ3) is 5.84. The number of benzene rings is 1. The lowest BCUT2D eigenvalue weighted by molar-refractivity contribution is -0.165. The zero-order valence-corrected chi connectivity index (χ0v) is 15.3. The van der Waals surface area contributed by atoms with E-state index in [4.69, 9.17) is 20.4 Å². The molecule has 11 nitrogen and oxygen atoms in total. The van der Waals surface area contributed by atoms with Crippen molar-refractivity contribution in [2.75, 3.05) is 18.4 Å². The van der Waals surface area contributed by atoms with E-state index in [9.17, 15) is 9.59 Å². The van der Waals surface area contributed by atoms with Gasteiger partial charge in [0, 0.05) is 12.2 Å². The highest BCUT2D eigenvalue weighted by atomic mass is 79.9. The highest BCUT2D eigenvalue weighted by Crippen LogP contribution is 2.17. The Kier molecular flexibility index (Phi) is 6.98. The summed E-state index contributed by atoms with van der Waals surface area (Å²) in [6, 6.07) is 5.86. The van der Waals surface area contributed by atoms with Crippen LogP contribution < -0.4 is 10.6 Å². The molecule has 0 aliphatic carbocycles. The second kappa shape index (κ2) is 9.21. The molecule has 1 aliphatic rings. The molecule has 3 rings (SSSR count). The molecule has 12 heteroatoms. The van der Waals surface area contributed by atoms with Crippen LogP contribution in [0.5, 0.6) is 0 Å². The SMILES string of the molecule is Brc1cnc2cc(NC3=NCCN3)ccc2n1.O=C(O)C(O)C(O)C(=O)O. The predicted octanol–water partition coefficient (Wildman–Crippen LogP) is -0.359. The van der Waals surface area contributed by atoms with E-state index in [1.807, 2.05) is 18.2 Å². The van der Waals surface area contributed by atoms with Gasteiger partial charge < -0.3 is 31.1 Å². The van der Waals surface area contributed by atoms with Crippen LogP contribution in [0.15, 0.2) is 34.0 Å². The van der Waals surface area contributed by atoms with Crippen molar-refractivity contribution in [1.29, 1.82) is 0 Å². The molecule has 0 saturated carbocycles. The monoisotopic (exact) mass is 441 g/mol. The smallest absolute Gasteiger partial charge is 0.335 e. The molecular weight excluding hydrogens is 426 g/mol. The van der Waals surface area contributed by atoms with Crippen LogP contribution >= 0.6 is 15.9 Å². The Bertz CT molecular complexity index is 859. The first-order valence-corrected chi connectivity index (χ1v) is 8.36. The highest BCUT2D eigenvalue weighted by Gasteiger charge is 2.29. The van der Waals surface area contributed by atoms with Crippen LogP contribution in [0.25, 0.3) is 11.0 Å². The quantitative estimate of drug-likeness (QED) is 0.367. The maximum Gasteiger partial charge on any atom is 0.335 e. The van der Waals surface area contributed by atoms with E-state index in [2.05, 4.69) is 41.5 Å². The molecule has 1 aromatic carbocycles. The van der Waals surface area contributed by atoms with Gasteiger partial charge in [-0.2, -0.15) is 0 Å². The van der Waals surface area contributed by atoms with E-state index in [-0.39, 0.29) is 0 Å². The van der Waals surface area contributed by atoms with Crippen molar-refractivity contribution in [3.63, 3.8) is 0 Å². The normalized spacial score (nSPS) is 15.0. The average Bonchev–Trinajstić information content (AvgIpc) is 3.14. The first-order chi connectivity index (χ1) is 12.8. The molecule has 0 fully saturated rings. The van der Waals surface area contributed by atoms with Crippen molar-refractivity contribution < 1.29 is 30.0 Å². The van der Waals surface area contributed by atoms with Crippen molar-refractivity contribution in [3.05, 3.63) is 29.0 Å². The van der Waals surface area contributed by atoms with Crippen LogP contribution in [0, 0.1) is 0 Å². The third-order valence-electron chi connectivity index (χ3n) is 3.25. The number of carboxylic acids is 2. The van der Waals surface area contributed by atoms with Crippen molar-refractivity contribution in [1.82, 2.24) is 15.3 Å². The molecule has 144 valence electrons. The second-order valence-electron chi connectivity index (χ2n) is 5.24. The fraction of sp³-hybridized carbons (Fsp3) is 0.267. The van der Waals surface area contributed by atoms with Gasteiger partial charge in [-0.05, 0) is 34.1 Å². The summed E-state index contributed by atoms with van der Waals surface area (Å²) in [6.45, 7) is 1.71. The van der Waals surface area contributed by atoms with Crippen LogP contribution in [0.3, 0.4) is 0 Å². The van der Waals surface area contributed by atoms with Crippen molar-refractivity contribution in [2.24, 2.45) is 4.99 Å². The number of nitrogens with one attached hydrogen (secondary N) is 2. The van der Waals surface area contributed by atoms with Gasteiger partial charge in [0.15, 0.2) is 18.2 Å². The van der Waals surface area contributed by atoms with Crippen LogP contribution in [0.1, 0.15) is 0 Å². The largest absolute Gasteiger partial charge is 0.479 e. The van der Waals surface area contributed by atoms with E-state index in [0.29, 0.717) is 0 Å². The number of aliphatic imine (C=N–C) groups is 1. The summed E-state index contributed by atoms with van der Waals surface area (Å²) in [7, 11) is 0. The number of hydrogen-bond acceptors (Lipinski definition) is 9. The lowest BCUT2D eigenvalue weighted by atomic mass is 10.2. The van der Waals surface area contributed by atoms with Crippen molar-refractivity contribution in [3.8, 4) is 0 Å². The Hall–Kier alpha value is -2.83. The fourth-order valence-electron chi connectivity index (χ4n) is 1.95. The second-order valence-corrected chi connectivity index (χ2v) is 6.06. The van der Waals surface area contributed by atoms with Crippen molar-refractivity contribution in [2.45, 2.75) is 12.2 Å². The minimum absolute atomic E-state index is 0.743. The number of aliphatic carboxylic acids is 2. The van der Waals surface area contributed by atoms with Gasteiger partial charge in [-0.15, -0.1) is 0 Å². The minimum Gasteiger partial charge on any atom is -0.479 e. The number of rotatable bonds is 4. The number of hydrogen-bond donors (Lipinski definition) is 6. The summed E-state index contributed by atoms with van der Waals surface area (Å²) < 4.78 is 0.743. The van der Waals surface area contributed by atoms with E-state index < -0.39 is 24.1 Å². The molecule has 2 unspecified atom stereocenters. The van der Waals surface area contributed by atoms with Gasteiger partial charge in [0.2, 0.25) is 0 Å². The molecule has 0 spiro atoms. The van der Waals surface area contributed by atoms with Crippen molar-refractivity contribution >= 4 is 50.5 Å². The van der Waals surface area contributed by atoms with Gasteiger partial charge in [0.05, 0.1) is 23.8 Å². The molecule has 2 heterocycles. The molecule has 6 N–H and O–H groups in total. The topological polar surface area (TPSA) is 177 Å². The molecule has 2 atom stereocenters. The highest BCUT2D eigenvalue weighted by molar-refractivity contribution is 9.10. The zero-order valence-electron chi connectivity index (χ0n) is 13.7. The Labute approximate surface area is 160 Å². The van der Waals surface area contributed by atoms with Gasteiger partial charge in [0.25, 0.3) is 0 Å². The Balaban J connectivity index is 0.000000227. The number of anilines is 1. The van der Waals surface area contributed by atoms with E-state index >= 15 is 0 Å². The Morgan fingerprint density at radius 3 is 2.37 bits per heavy atom. The van der Waals surface area contributed by atoms with Gasteiger partial charge in [0.1, 0.15) is 4.60 Å². The minimum atomic E-state index is -2.27. The summed E-state index contributed by atoms with van der Waals surface area (Å²) in [5.74, 6) is -2.72.